The standard InChI is InChI=1S/C54H38N2Si/c1-5-19-39(20-6-1)40-21-17-22-41(37-40)56-51-36-35-42(55-49-31-15-13-29-46(49)47-30-14-16-32-50(47)55)38-48(51)54-52(56)33-18-34-53(54)57(43-23-7-2-8-24-43,44-25-9-3-10-26-44)45-27-11-4-12-28-45/h1-38H. The molecule has 11 rings (SSSR count). The lowest BCUT2D eigenvalue weighted by Gasteiger charge is -2.35. The van der Waals surface area contributed by atoms with Crippen LogP contribution in [0.1, 0.15) is 0 Å². The van der Waals surface area contributed by atoms with Crippen molar-refractivity contribution in [2.45, 2.75) is 0 Å². The van der Waals surface area contributed by atoms with E-state index in [4.69, 9.17) is 0 Å². The van der Waals surface area contributed by atoms with Gasteiger partial charge in [-0.25, -0.2) is 0 Å². The van der Waals surface area contributed by atoms with Gasteiger partial charge in [0.15, 0.2) is 8.07 Å². The number of hydrogen-bond acceptors (Lipinski definition) is 0. The van der Waals surface area contributed by atoms with Crippen LogP contribution in [0.2, 0.25) is 0 Å². The molecule has 2 nitrogen and oxygen atoms in total. The number of aromatic nitrogens is 2. The summed E-state index contributed by atoms with van der Waals surface area (Å²) in [5.74, 6) is 0. The summed E-state index contributed by atoms with van der Waals surface area (Å²) in [6.45, 7) is 0. The Kier molecular flexibility index (Phi) is 7.87. The highest BCUT2D eigenvalue weighted by Crippen LogP contribution is 2.38. The van der Waals surface area contributed by atoms with Crippen molar-refractivity contribution in [3.05, 3.63) is 231 Å². The summed E-state index contributed by atoms with van der Waals surface area (Å²) < 4.78 is 4.94. The van der Waals surface area contributed by atoms with E-state index in [0.29, 0.717) is 0 Å². The Labute approximate surface area is 333 Å². The SMILES string of the molecule is c1ccc(-c2cccc(-n3c4ccc(-n5c6ccccc6c6ccccc65)cc4c4c([Si](c5ccccc5)(c5ccccc5)c5ccccc5)cccc43)c2)cc1. The van der Waals surface area contributed by atoms with Gasteiger partial charge < -0.3 is 9.13 Å². The Morgan fingerprint density at radius 1 is 0.281 bits per heavy atom. The molecule has 0 unspecified atom stereocenters. The molecule has 2 aromatic heterocycles. The van der Waals surface area contributed by atoms with Crippen LogP contribution in [0.15, 0.2) is 231 Å². The molecule has 0 bridgehead atoms. The van der Waals surface area contributed by atoms with Crippen molar-refractivity contribution >= 4 is 72.4 Å². The van der Waals surface area contributed by atoms with E-state index in [2.05, 4.69) is 240 Å². The highest BCUT2D eigenvalue weighted by Gasteiger charge is 2.43. The third kappa shape index (κ3) is 5.17. The summed E-state index contributed by atoms with van der Waals surface area (Å²) in [6.07, 6.45) is 0. The first-order chi connectivity index (χ1) is 28.3. The molecule has 0 saturated heterocycles. The molecule has 0 saturated carbocycles. The quantitative estimate of drug-likeness (QED) is 0.114. The van der Waals surface area contributed by atoms with Crippen molar-refractivity contribution < 1.29 is 0 Å². The maximum atomic E-state index is 2.50. The molecule has 9 aromatic carbocycles. The highest BCUT2D eigenvalue weighted by molar-refractivity contribution is 7.20. The van der Waals surface area contributed by atoms with Gasteiger partial charge in [0.1, 0.15) is 0 Å². The smallest absolute Gasteiger partial charge is 0.180 e. The first-order valence-electron chi connectivity index (χ1n) is 19.7. The van der Waals surface area contributed by atoms with Gasteiger partial charge in [-0.15, -0.1) is 0 Å². The lowest BCUT2D eigenvalue weighted by Crippen LogP contribution is -2.74. The van der Waals surface area contributed by atoms with E-state index in [1.165, 1.54) is 75.5 Å². The number of benzene rings is 9. The Balaban J connectivity index is 1.30. The van der Waals surface area contributed by atoms with E-state index in [1.807, 2.05) is 0 Å². The van der Waals surface area contributed by atoms with Crippen LogP contribution in [-0.2, 0) is 0 Å². The molecule has 2 heterocycles. The van der Waals surface area contributed by atoms with Crippen LogP contribution in [0.3, 0.4) is 0 Å². The van der Waals surface area contributed by atoms with Crippen molar-refractivity contribution in [2.24, 2.45) is 0 Å². The molecule has 0 aliphatic carbocycles. The molecule has 0 amide bonds. The number of nitrogens with zero attached hydrogens (tertiary/aromatic N) is 2. The predicted molar refractivity (Wildman–Crippen MR) is 244 cm³/mol. The first kappa shape index (κ1) is 33.2. The lowest BCUT2D eigenvalue weighted by molar-refractivity contribution is 1.17. The molecule has 0 atom stereocenters. The monoisotopic (exact) mass is 742 g/mol. The summed E-state index contributed by atoms with van der Waals surface area (Å²) in [4.78, 5) is 0. The molecule has 0 fully saturated rings. The minimum Gasteiger partial charge on any atom is -0.309 e. The molecule has 0 spiro atoms. The van der Waals surface area contributed by atoms with Crippen LogP contribution >= 0.6 is 0 Å². The maximum absolute atomic E-state index is 2.92. The summed E-state index contributed by atoms with van der Waals surface area (Å²) in [5.41, 5.74) is 9.50. The Morgan fingerprint density at radius 2 is 0.719 bits per heavy atom. The zero-order chi connectivity index (χ0) is 37.8. The van der Waals surface area contributed by atoms with Crippen molar-refractivity contribution in [3.8, 4) is 22.5 Å². The van der Waals surface area contributed by atoms with Crippen molar-refractivity contribution in [3.63, 3.8) is 0 Å². The zero-order valence-corrected chi connectivity index (χ0v) is 32.3. The number of fused-ring (bicyclic) bond motifs is 6. The summed E-state index contributed by atoms with van der Waals surface area (Å²) in [6, 6.07) is 85.3. The molecule has 57 heavy (non-hydrogen) atoms. The van der Waals surface area contributed by atoms with Gasteiger partial charge in [0.25, 0.3) is 0 Å². The highest BCUT2D eigenvalue weighted by atomic mass is 28.3. The minimum absolute atomic E-state index is 1.14. The first-order valence-corrected chi connectivity index (χ1v) is 21.7. The molecule has 0 aliphatic heterocycles. The van der Waals surface area contributed by atoms with E-state index >= 15 is 0 Å². The van der Waals surface area contributed by atoms with Crippen LogP contribution in [0.5, 0.6) is 0 Å². The molecular formula is C54H38N2Si. The van der Waals surface area contributed by atoms with Crippen molar-refractivity contribution in [1.29, 1.82) is 0 Å². The van der Waals surface area contributed by atoms with Gasteiger partial charge in [-0.05, 0) is 80.4 Å². The summed E-state index contributed by atoms with van der Waals surface area (Å²) in [7, 11) is -2.92. The van der Waals surface area contributed by atoms with Crippen LogP contribution in [0.4, 0.5) is 0 Å². The van der Waals surface area contributed by atoms with E-state index < -0.39 is 8.07 Å². The second kappa shape index (κ2) is 13.5. The number of rotatable bonds is 7. The van der Waals surface area contributed by atoms with Gasteiger partial charge in [-0.2, -0.15) is 0 Å². The normalized spacial score (nSPS) is 11.9. The fourth-order valence-electron chi connectivity index (χ4n) is 9.48. The average Bonchev–Trinajstić information content (AvgIpc) is 3.81. The van der Waals surface area contributed by atoms with Gasteiger partial charge in [0, 0.05) is 32.9 Å². The second-order valence-electron chi connectivity index (χ2n) is 14.9. The molecule has 0 N–H and O–H groups in total. The van der Waals surface area contributed by atoms with Gasteiger partial charge in [0.05, 0.1) is 22.1 Å². The molecule has 0 aliphatic rings. The fraction of sp³-hybridized carbons (Fsp3) is 0. The fourth-order valence-corrected chi connectivity index (χ4v) is 14.5. The Morgan fingerprint density at radius 3 is 1.32 bits per heavy atom. The number of para-hydroxylation sites is 2. The topological polar surface area (TPSA) is 9.86 Å². The van der Waals surface area contributed by atoms with Crippen molar-refractivity contribution in [2.75, 3.05) is 0 Å². The third-order valence-corrected chi connectivity index (χ3v) is 16.7. The Bertz CT molecular complexity index is 3070. The summed E-state index contributed by atoms with van der Waals surface area (Å²) in [5, 5.41) is 10.5. The van der Waals surface area contributed by atoms with Gasteiger partial charge >= 0.3 is 0 Å². The van der Waals surface area contributed by atoms with E-state index in [0.717, 1.165) is 11.4 Å². The van der Waals surface area contributed by atoms with E-state index in [9.17, 15) is 0 Å². The lowest BCUT2D eigenvalue weighted by atomic mass is 10.1. The molecular weight excluding hydrogens is 705 g/mol. The van der Waals surface area contributed by atoms with Gasteiger partial charge in [-0.1, -0.05) is 182 Å². The predicted octanol–water partition coefficient (Wildman–Crippen LogP) is 10.9. The molecule has 268 valence electrons. The largest absolute Gasteiger partial charge is 0.309 e. The zero-order valence-electron chi connectivity index (χ0n) is 31.3. The molecule has 11 aromatic rings. The van der Waals surface area contributed by atoms with E-state index in [1.54, 1.807) is 0 Å². The van der Waals surface area contributed by atoms with E-state index in [-0.39, 0.29) is 0 Å². The van der Waals surface area contributed by atoms with Gasteiger partial charge in [0.2, 0.25) is 0 Å². The minimum atomic E-state index is -2.92. The van der Waals surface area contributed by atoms with Crippen LogP contribution in [-0.4, -0.2) is 17.2 Å². The average molecular weight is 743 g/mol. The maximum Gasteiger partial charge on any atom is 0.180 e. The second-order valence-corrected chi connectivity index (χ2v) is 18.6. The van der Waals surface area contributed by atoms with Crippen LogP contribution < -0.4 is 20.7 Å². The van der Waals surface area contributed by atoms with Crippen LogP contribution in [0, 0.1) is 0 Å². The third-order valence-electron chi connectivity index (χ3n) is 11.8. The van der Waals surface area contributed by atoms with Gasteiger partial charge in [-0.3, -0.25) is 0 Å². The van der Waals surface area contributed by atoms with Crippen molar-refractivity contribution in [1.82, 2.24) is 9.13 Å². The van der Waals surface area contributed by atoms with Crippen LogP contribution in [0.25, 0.3) is 66.1 Å². The number of hydrogen-bond donors (Lipinski definition) is 0. The summed E-state index contributed by atoms with van der Waals surface area (Å²) >= 11 is 0. The Hall–Kier alpha value is -7.20. The molecule has 0 radical (unpaired) electrons. The molecule has 3 heteroatoms.